The molecule has 0 spiro atoms. The molecule has 1 amide bonds. The van der Waals surface area contributed by atoms with Crippen molar-refractivity contribution in [3.8, 4) is 11.1 Å². The molecule has 0 N–H and O–H groups in total. The first kappa shape index (κ1) is 20.3. The second kappa shape index (κ2) is 8.44. The van der Waals surface area contributed by atoms with Gasteiger partial charge in [-0.3, -0.25) is 9.48 Å². The highest BCUT2D eigenvalue weighted by atomic mass is 35.5. The van der Waals surface area contributed by atoms with Crippen LogP contribution >= 0.6 is 11.6 Å². The second-order valence-electron chi connectivity index (χ2n) is 7.58. The van der Waals surface area contributed by atoms with Crippen molar-refractivity contribution in [2.45, 2.75) is 32.4 Å². The zero-order chi connectivity index (χ0) is 21.3. The molecule has 1 aliphatic rings. The van der Waals surface area contributed by atoms with Crippen LogP contribution in [0.3, 0.4) is 0 Å². The lowest BCUT2D eigenvalue weighted by Gasteiger charge is -2.26. The van der Waals surface area contributed by atoms with Crippen LogP contribution in [-0.4, -0.2) is 51.2 Å². The summed E-state index contributed by atoms with van der Waals surface area (Å²) < 4.78 is 1.77. The maximum absolute atomic E-state index is 13.3. The van der Waals surface area contributed by atoms with E-state index in [0.717, 1.165) is 36.2 Å². The average molecular weight is 425 g/mol. The molecule has 0 bridgehead atoms. The predicted octanol–water partition coefficient (Wildman–Crippen LogP) is 4.06. The first-order valence-electron chi connectivity index (χ1n) is 10.1. The van der Waals surface area contributed by atoms with Crippen LogP contribution in [0.25, 0.3) is 11.1 Å². The van der Waals surface area contributed by atoms with E-state index < -0.39 is 0 Å². The average Bonchev–Trinajstić information content (AvgIpc) is 3.43. The van der Waals surface area contributed by atoms with Gasteiger partial charge in [-0.1, -0.05) is 23.7 Å². The van der Waals surface area contributed by atoms with Crippen LogP contribution in [0.4, 0.5) is 5.95 Å². The third kappa shape index (κ3) is 3.89. The van der Waals surface area contributed by atoms with Gasteiger partial charge < -0.3 is 9.80 Å². The van der Waals surface area contributed by atoms with E-state index in [2.05, 4.69) is 10.1 Å². The van der Waals surface area contributed by atoms with Gasteiger partial charge in [0.1, 0.15) is 5.69 Å². The Morgan fingerprint density at radius 3 is 2.67 bits per heavy atom. The van der Waals surface area contributed by atoms with E-state index in [9.17, 15) is 4.79 Å². The van der Waals surface area contributed by atoms with Gasteiger partial charge in [0.25, 0.3) is 5.91 Å². The quantitative estimate of drug-likeness (QED) is 0.618. The Kier molecular flexibility index (Phi) is 5.72. The Balaban J connectivity index is 1.75. The summed E-state index contributed by atoms with van der Waals surface area (Å²) in [6, 6.07) is 9.29. The van der Waals surface area contributed by atoms with Crippen LogP contribution in [0.5, 0.6) is 0 Å². The van der Waals surface area contributed by atoms with Crippen LogP contribution in [-0.2, 0) is 6.54 Å². The molecule has 0 radical (unpaired) electrons. The van der Waals surface area contributed by atoms with Crippen molar-refractivity contribution < 1.29 is 4.79 Å². The van der Waals surface area contributed by atoms with Gasteiger partial charge in [0.2, 0.25) is 5.95 Å². The van der Waals surface area contributed by atoms with Crippen molar-refractivity contribution in [2.75, 3.05) is 25.5 Å². The van der Waals surface area contributed by atoms with Crippen molar-refractivity contribution >= 4 is 23.5 Å². The number of anilines is 1. The van der Waals surface area contributed by atoms with Crippen molar-refractivity contribution in [1.29, 1.82) is 0 Å². The van der Waals surface area contributed by atoms with E-state index >= 15 is 0 Å². The Hall–Kier alpha value is -2.93. The molecule has 0 aliphatic carbocycles. The molecule has 3 heterocycles. The summed E-state index contributed by atoms with van der Waals surface area (Å²) in [5, 5.41) is 5.08. The summed E-state index contributed by atoms with van der Waals surface area (Å²) in [6.45, 7) is 3.42. The van der Waals surface area contributed by atoms with E-state index in [-0.39, 0.29) is 11.9 Å². The largest absolute Gasteiger partial charge is 0.347 e. The van der Waals surface area contributed by atoms with Gasteiger partial charge in [-0.05, 0) is 43.5 Å². The van der Waals surface area contributed by atoms with Gasteiger partial charge >= 0.3 is 0 Å². The zero-order valence-electron chi connectivity index (χ0n) is 17.4. The third-order valence-corrected chi connectivity index (χ3v) is 5.63. The third-order valence-electron chi connectivity index (χ3n) is 5.37. The van der Waals surface area contributed by atoms with Gasteiger partial charge in [-0.25, -0.2) is 9.97 Å². The van der Waals surface area contributed by atoms with E-state index in [1.165, 1.54) is 0 Å². The van der Waals surface area contributed by atoms with Crippen molar-refractivity contribution in [3.05, 3.63) is 59.1 Å². The number of nitrogens with zero attached hydrogens (tertiary/aromatic N) is 6. The van der Waals surface area contributed by atoms with Crippen LogP contribution in [0.15, 0.2) is 42.7 Å². The number of halogens is 1. The van der Waals surface area contributed by atoms with Gasteiger partial charge in [-0.15, -0.1) is 0 Å². The molecule has 1 aromatic carbocycles. The number of carbonyl (C=O) groups is 1. The fraction of sp³-hybridized carbons (Fsp3) is 0.364. The van der Waals surface area contributed by atoms with Crippen LogP contribution in [0.2, 0.25) is 5.02 Å². The molecule has 1 aliphatic heterocycles. The molecule has 2 aromatic heterocycles. The summed E-state index contributed by atoms with van der Waals surface area (Å²) in [7, 11) is 3.83. The maximum Gasteiger partial charge on any atom is 0.274 e. The van der Waals surface area contributed by atoms with E-state index in [0.29, 0.717) is 23.2 Å². The number of aromatic nitrogens is 4. The molecule has 1 atom stereocenters. The Morgan fingerprint density at radius 2 is 2.00 bits per heavy atom. The summed E-state index contributed by atoms with van der Waals surface area (Å²) in [4.78, 5) is 26.4. The molecule has 0 saturated carbocycles. The fourth-order valence-corrected chi connectivity index (χ4v) is 3.93. The summed E-state index contributed by atoms with van der Waals surface area (Å²) in [5.74, 6) is 0.564. The molecule has 0 unspecified atom stereocenters. The topological polar surface area (TPSA) is 67.2 Å². The summed E-state index contributed by atoms with van der Waals surface area (Å²) in [5.41, 5.74) is 3.23. The normalized spacial score (nSPS) is 16.1. The highest BCUT2D eigenvalue weighted by molar-refractivity contribution is 6.30. The number of hydrogen-bond donors (Lipinski definition) is 0. The second-order valence-corrected chi connectivity index (χ2v) is 8.02. The molecule has 156 valence electrons. The molecule has 7 nitrogen and oxygen atoms in total. The van der Waals surface area contributed by atoms with Gasteiger partial charge in [0.15, 0.2) is 0 Å². The van der Waals surface area contributed by atoms with Gasteiger partial charge in [0, 0.05) is 50.2 Å². The minimum absolute atomic E-state index is 0.0585. The lowest BCUT2D eigenvalue weighted by atomic mass is 9.99. The number of benzene rings is 1. The first-order valence-corrected chi connectivity index (χ1v) is 10.5. The van der Waals surface area contributed by atoms with Gasteiger partial charge in [0.05, 0.1) is 11.7 Å². The molecule has 1 fully saturated rings. The number of likely N-dealkylation sites (tertiary alicyclic amines) is 1. The number of carbonyl (C=O) groups excluding carboxylic acids is 1. The standard InChI is InChI=1S/C22H25ClN6O/c1-4-28-13-11-18(26-28)21(30)29-12-5-6-19(29)20-17(14-24-22(25-20)27(2)3)15-7-9-16(23)10-8-15/h7-11,13-14,19H,4-6,12H2,1-3H3/t19-/m1/s1. The van der Waals surface area contributed by atoms with E-state index in [1.54, 1.807) is 10.7 Å². The van der Waals surface area contributed by atoms with Crippen molar-refractivity contribution in [1.82, 2.24) is 24.6 Å². The molecule has 4 rings (SSSR count). The van der Waals surface area contributed by atoms with E-state index in [1.807, 2.05) is 67.5 Å². The number of aryl methyl sites for hydroxylation is 1. The predicted molar refractivity (Wildman–Crippen MR) is 118 cm³/mol. The summed E-state index contributed by atoms with van der Waals surface area (Å²) >= 11 is 6.08. The molecular weight excluding hydrogens is 400 g/mol. The highest BCUT2D eigenvalue weighted by Crippen LogP contribution is 2.38. The smallest absolute Gasteiger partial charge is 0.274 e. The van der Waals surface area contributed by atoms with Crippen LogP contribution < -0.4 is 4.90 Å². The Labute approximate surface area is 181 Å². The molecule has 8 heteroatoms. The minimum Gasteiger partial charge on any atom is -0.347 e. The van der Waals surface area contributed by atoms with Gasteiger partial charge in [-0.2, -0.15) is 5.10 Å². The highest BCUT2D eigenvalue weighted by Gasteiger charge is 2.34. The Morgan fingerprint density at radius 1 is 1.23 bits per heavy atom. The van der Waals surface area contributed by atoms with Crippen molar-refractivity contribution in [3.63, 3.8) is 0 Å². The number of hydrogen-bond acceptors (Lipinski definition) is 5. The first-order chi connectivity index (χ1) is 14.5. The minimum atomic E-state index is -0.128. The zero-order valence-corrected chi connectivity index (χ0v) is 18.2. The summed E-state index contributed by atoms with van der Waals surface area (Å²) in [6.07, 6.45) is 5.46. The molecule has 30 heavy (non-hydrogen) atoms. The maximum atomic E-state index is 13.3. The molecule has 1 saturated heterocycles. The monoisotopic (exact) mass is 424 g/mol. The van der Waals surface area contributed by atoms with Crippen molar-refractivity contribution in [2.24, 2.45) is 0 Å². The molecular formula is C22H25ClN6O. The van der Waals surface area contributed by atoms with Crippen LogP contribution in [0.1, 0.15) is 42.0 Å². The lowest BCUT2D eigenvalue weighted by Crippen LogP contribution is -2.32. The number of amides is 1. The SMILES string of the molecule is CCn1ccc(C(=O)N2CCC[C@@H]2c2nc(N(C)C)ncc2-c2ccc(Cl)cc2)n1. The number of rotatable bonds is 5. The molecule has 3 aromatic rings. The lowest BCUT2D eigenvalue weighted by molar-refractivity contribution is 0.0726. The Bertz CT molecular complexity index is 1050. The van der Waals surface area contributed by atoms with Crippen LogP contribution in [0, 0.1) is 0 Å². The van der Waals surface area contributed by atoms with E-state index in [4.69, 9.17) is 16.6 Å². The fourth-order valence-electron chi connectivity index (χ4n) is 3.80.